The molecule has 6 heteroatoms. The standard InChI is InChI=1S/C16H20N4O2/c1-4-19(5-2)14(22)11-20-16(13-9-7-6-8-10-13)15(12(3)21)17-18-20/h6-10H,4-5,11H2,1-3H3. The molecule has 0 aliphatic rings. The molecular formula is C16H20N4O2. The number of hydrogen-bond acceptors (Lipinski definition) is 4. The largest absolute Gasteiger partial charge is 0.342 e. The zero-order valence-corrected chi connectivity index (χ0v) is 13.1. The fourth-order valence-corrected chi connectivity index (χ4v) is 2.35. The van der Waals surface area contributed by atoms with Gasteiger partial charge in [-0.25, -0.2) is 4.68 Å². The van der Waals surface area contributed by atoms with E-state index in [-0.39, 0.29) is 18.2 Å². The van der Waals surface area contributed by atoms with Gasteiger partial charge in [-0.2, -0.15) is 0 Å². The van der Waals surface area contributed by atoms with E-state index < -0.39 is 0 Å². The van der Waals surface area contributed by atoms with Gasteiger partial charge >= 0.3 is 0 Å². The first-order chi connectivity index (χ1) is 10.6. The number of carbonyl (C=O) groups excluding carboxylic acids is 2. The second-order valence-electron chi connectivity index (χ2n) is 4.93. The van der Waals surface area contributed by atoms with E-state index in [0.717, 1.165) is 5.56 Å². The Hall–Kier alpha value is -2.50. The number of Topliss-reactive ketones (excluding diaryl/α,β-unsaturated/α-hetero) is 1. The van der Waals surface area contributed by atoms with Crippen LogP contribution in [0.2, 0.25) is 0 Å². The van der Waals surface area contributed by atoms with E-state index in [4.69, 9.17) is 0 Å². The van der Waals surface area contributed by atoms with Crippen LogP contribution in [0.3, 0.4) is 0 Å². The molecule has 1 heterocycles. The van der Waals surface area contributed by atoms with E-state index in [9.17, 15) is 9.59 Å². The molecule has 6 nitrogen and oxygen atoms in total. The van der Waals surface area contributed by atoms with Crippen molar-refractivity contribution >= 4 is 11.7 Å². The fraction of sp³-hybridized carbons (Fsp3) is 0.375. The second-order valence-corrected chi connectivity index (χ2v) is 4.93. The Kier molecular flexibility index (Phi) is 5.04. The first kappa shape index (κ1) is 15.9. The summed E-state index contributed by atoms with van der Waals surface area (Å²) in [5, 5.41) is 7.95. The quantitative estimate of drug-likeness (QED) is 0.765. The summed E-state index contributed by atoms with van der Waals surface area (Å²) in [5.74, 6) is -0.206. The SMILES string of the molecule is CCN(CC)C(=O)Cn1nnc(C(C)=O)c1-c1ccccc1. The van der Waals surface area contributed by atoms with E-state index in [1.165, 1.54) is 11.6 Å². The van der Waals surface area contributed by atoms with Gasteiger partial charge in [-0.3, -0.25) is 9.59 Å². The van der Waals surface area contributed by atoms with Crippen molar-refractivity contribution in [3.8, 4) is 11.3 Å². The minimum Gasteiger partial charge on any atom is -0.342 e. The average molecular weight is 300 g/mol. The highest BCUT2D eigenvalue weighted by Crippen LogP contribution is 2.22. The molecular weight excluding hydrogens is 280 g/mol. The van der Waals surface area contributed by atoms with Crippen molar-refractivity contribution in [2.24, 2.45) is 0 Å². The van der Waals surface area contributed by atoms with Gasteiger partial charge in [0.25, 0.3) is 0 Å². The van der Waals surface area contributed by atoms with E-state index in [2.05, 4.69) is 10.3 Å². The molecule has 0 spiro atoms. The van der Waals surface area contributed by atoms with Gasteiger partial charge in [0.2, 0.25) is 5.91 Å². The summed E-state index contributed by atoms with van der Waals surface area (Å²) in [6.07, 6.45) is 0. The van der Waals surface area contributed by atoms with Crippen molar-refractivity contribution in [2.45, 2.75) is 27.3 Å². The van der Waals surface area contributed by atoms with Gasteiger partial charge in [-0.15, -0.1) is 5.10 Å². The highest BCUT2D eigenvalue weighted by Gasteiger charge is 2.21. The highest BCUT2D eigenvalue weighted by atomic mass is 16.2. The first-order valence-corrected chi connectivity index (χ1v) is 7.36. The van der Waals surface area contributed by atoms with Crippen LogP contribution in [-0.4, -0.2) is 44.7 Å². The van der Waals surface area contributed by atoms with Gasteiger partial charge in [-0.05, 0) is 13.8 Å². The number of likely N-dealkylation sites (N-methyl/N-ethyl adjacent to an activating group) is 1. The number of rotatable bonds is 6. The van der Waals surface area contributed by atoms with Crippen molar-refractivity contribution in [1.29, 1.82) is 0 Å². The molecule has 0 saturated heterocycles. The first-order valence-electron chi connectivity index (χ1n) is 7.36. The van der Waals surface area contributed by atoms with Gasteiger partial charge in [-0.1, -0.05) is 35.5 Å². The third-order valence-corrected chi connectivity index (χ3v) is 3.52. The van der Waals surface area contributed by atoms with Crippen molar-refractivity contribution < 1.29 is 9.59 Å². The van der Waals surface area contributed by atoms with Crippen molar-refractivity contribution in [1.82, 2.24) is 19.9 Å². The van der Waals surface area contributed by atoms with Crippen LogP contribution in [0.4, 0.5) is 0 Å². The van der Waals surface area contributed by atoms with Gasteiger partial charge < -0.3 is 4.90 Å². The molecule has 0 aliphatic heterocycles. The summed E-state index contributed by atoms with van der Waals surface area (Å²) in [7, 11) is 0. The van der Waals surface area contributed by atoms with Crippen LogP contribution in [-0.2, 0) is 11.3 Å². The summed E-state index contributed by atoms with van der Waals surface area (Å²) >= 11 is 0. The lowest BCUT2D eigenvalue weighted by Gasteiger charge is -2.19. The Labute approximate surface area is 129 Å². The molecule has 116 valence electrons. The Morgan fingerprint density at radius 2 is 1.77 bits per heavy atom. The van der Waals surface area contributed by atoms with Crippen LogP contribution < -0.4 is 0 Å². The van der Waals surface area contributed by atoms with Crippen LogP contribution in [0.25, 0.3) is 11.3 Å². The highest BCUT2D eigenvalue weighted by molar-refractivity contribution is 5.98. The van der Waals surface area contributed by atoms with Crippen LogP contribution in [0.1, 0.15) is 31.3 Å². The molecule has 0 unspecified atom stereocenters. The normalized spacial score (nSPS) is 10.5. The zero-order chi connectivity index (χ0) is 16.1. The van der Waals surface area contributed by atoms with E-state index in [0.29, 0.717) is 24.5 Å². The summed E-state index contributed by atoms with van der Waals surface area (Å²) < 4.78 is 1.51. The molecule has 2 aromatic rings. The number of benzene rings is 1. The van der Waals surface area contributed by atoms with Crippen molar-refractivity contribution in [2.75, 3.05) is 13.1 Å². The molecule has 1 amide bonds. The number of carbonyl (C=O) groups is 2. The minimum atomic E-state index is -0.166. The molecule has 0 saturated carbocycles. The Morgan fingerprint density at radius 3 is 2.32 bits per heavy atom. The number of aromatic nitrogens is 3. The zero-order valence-electron chi connectivity index (χ0n) is 13.1. The smallest absolute Gasteiger partial charge is 0.244 e. The molecule has 22 heavy (non-hydrogen) atoms. The lowest BCUT2D eigenvalue weighted by atomic mass is 10.1. The topological polar surface area (TPSA) is 68.1 Å². The maximum Gasteiger partial charge on any atom is 0.244 e. The summed E-state index contributed by atoms with van der Waals surface area (Å²) in [5.41, 5.74) is 1.71. The van der Waals surface area contributed by atoms with E-state index in [1.807, 2.05) is 44.2 Å². The molecule has 0 atom stereocenters. The van der Waals surface area contributed by atoms with Crippen molar-refractivity contribution in [3.05, 3.63) is 36.0 Å². The Balaban J connectivity index is 2.41. The predicted octanol–water partition coefficient (Wildman–Crippen LogP) is 2.02. The van der Waals surface area contributed by atoms with Crippen molar-refractivity contribution in [3.63, 3.8) is 0 Å². The predicted molar refractivity (Wildman–Crippen MR) is 83.4 cm³/mol. The number of nitrogens with zero attached hydrogens (tertiary/aromatic N) is 4. The number of hydrogen-bond donors (Lipinski definition) is 0. The average Bonchev–Trinajstić information content (AvgIpc) is 2.93. The fourth-order valence-electron chi connectivity index (χ4n) is 2.35. The minimum absolute atomic E-state index is 0.0396. The molecule has 0 bridgehead atoms. The molecule has 1 aromatic carbocycles. The lowest BCUT2D eigenvalue weighted by Crippen LogP contribution is -2.33. The van der Waals surface area contributed by atoms with Crippen LogP contribution >= 0.6 is 0 Å². The summed E-state index contributed by atoms with van der Waals surface area (Å²) in [4.78, 5) is 25.8. The maximum atomic E-state index is 12.3. The Bertz CT molecular complexity index is 660. The summed E-state index contributed by atoms with van der Waals surface area (Å²) in [6.45, 7) is 6.68. The molecule has 2 rings (SSSR count). The monoisotopic (exact) mass is 300 g/mol. The molecule has 0 radical (unpaired) electrons. The molecule has 0 fully saturated rings. The number of ketones is 1. The Morgan fingerprint density at radius 1 is 1.14 bits per heavy atom. The van der Waals surface area contributed by atoms with Crippen LogP contribution in [0.15, 0.2) is 30.3 Å². The van der Waals surface area contributed by atoms with Crippen LogP contribution in [0.5, 0.6) is 0 Å². The third kappa shape index (κ3) is 3.21. The van der Waals surface area contributed by atoms with Gasteiger partial charge in [0.05, 0.1) is 0 Å². The molecule has 0 N–H and O–H groups in total. The van der Waals surface area contributed by atoms with Gasteiger partial charge in [0, 0.05) is 25.6 Å². The van der Waals surface area contributed by atoms with Gasteiger partial charge in [0.1, 0.15) is 12.2 Å². The molecule has 0 aliphatic carbocycles. The summed E-state index contributed by atoms with van der Waals surface area (Å²) in [6, 6.07) is 9.41. The third-order valence-electron chi connectivity index (χ3n) is 3.52. The van der Waals surface area contributed by atoms with Crippen LogP contribution in [0, 0.1) is 0 Å². The van der Waals surface area contributed by atoms with Gasteiger partial charge in [0.15, 0.2) is 11.5 Å². The lowest BCUT2D eigenvalue weighted by molar-refractivity contribution is -0.131. The maximum absolute atomic E-state index is 12.3. The molecule has 1 aromatic heterocycles. The second kappa shape index (κ2) is 6.98. The van der Waals surface area contributed by atoms with E-state index in [1.54, 1.807) is 4.90 Å². The number of amides is 1. The van der Waals surface area contributed by atoms with E-state index >= 15 is 0 Å².